The van der Waals surface area contributed by atoms with Crippen LogP contribution in [0.25, 0.3) is 0 Å². The van der Waals surface area contributed by atoms with Gasteiger partial charge < -0.3 is 14.4 Å². The van der Waals surface area contributed by atoms with Gasteiger partial charge in [-0.25, -0.2) is 0 Å². The van der Waals surface area contributed by atoms with Gasteiger partial charge in [0.1, 0.15) is 11.9 Å². The normalized spacial score (nSPS) is 26.1. The fraction of sp³-hybridized carbons (Fsp3) is 0.500. The molecule has 0 bridgehead atoms. The smallest absolute Gasteiger partial charge is 0.257 e. The zero-order valence-electron chi connectivity index (χ0n) is 14.3. The van der Waals surface area contributed by atoms with Gasteiger partial charge >= 0.3 is 0 Å². The zero-order valence-corrected chi connectivity index (χ0v) is 14.3. The van der Waals surface area contributed by atoms with Crippen molar-refractivity contribution >= 4 is 5.91 Å². The van der Waals surface area contributed by atoms with Crippen molar-refractivity contribution in [2.75, 3.05) is 19.7 Å². The number of amides is 1. The SMILES string of the molecule is Cn1cc(C(=O)N2CCC[C@@]3(C[C@@H](Oc4cccnc4)CO3)C2)cn1. The van der Waals surface area contributed by atoms with E-state index in [2.05, 4.69) is 10.1 Å². The minimum absolute atomic E-state index is 0.00218. The van der Waals surface area contributed by atoms with Gasteiger partial charge in [0.25, 0.3) is 5.91 Å². The highest BCUT2D eigenvalue weighted by atomic mass is 16.6. The maximum absolute atomic E-state index is 12.7. The third kappa shape index (κ3) is 3.37. The van der Waals surface area contributed by atoms with Crippen LogP contribution in [0.15, 0.2) is 36.9 Å². The first-order valence-electron chi connectivity index (χ1n) is 8.62. The molecule has 7 heteroatoms. The summed E-state index contributed by atoms with van der Waals surface area (Å²) in [7, 11) is 1.81. The fourth-order valence-corrected chi connectivity index (χ4v) is 3.76. The summed E-state index contributed by atoms with van der Waals surface area (Å²) in [6.45, 7) is 1.91. The van der Waals surface area contributed by atoms with Crippen molar-refractivity contribution in [3.8, 4) is 5.75 Å². The first-order chi connectivity index (χ1) is 12.1. The Morgan fingerprint density at radius 3 is 3.12 bits per heavy atom. The highest BCUT2D eigenvalue weighted by Crippen LogP contribution is 2.36. The van der Waals surface area contributed by atoms with Crippen molar-refractivity contribution in [1.82, 2.24) is 19.7 Å². The third-order valence-corrected chi connectivity index (χ3v) is 4.89. The molecule has 0 aromatic carbocycles. The minimum atomic E-state index is -0.303. The number of ether oxygens (including phenoxy) is 2. The summed E-state index contributed by atoms with van der Waals surface area (Å²) in [6.07, 6.45) is 9.49. The van der Waals surface area contributed by atoms with Crippen molar-refractivity contribution in [2.24, 2.45) is 7.05 Å². The van der Waals surface area contributed by atoms with Gasteiger partial charge in [-0.2, -0.15) is 5.10 Å². The number of carbonyl (C=O) groups is 1. The molecule has 2 aliphatic rings. The van der Waals surface area contributed by atoms with Crippen molar-refractivity contribution in [1.29, 1.82) is 0 Å². The number of piperidine rings is 1. The standard InChI is InChI=1S/C18H22N4O3/c1-21-11-14(9-20-21)17(23)22-7-3-5-18(13-22)8-16(12-24-18)25-15-4-2-6-19-10-15/h2,4,6,9-11,16H,3,5,7-8,12-13H2,1H3/t16-,18-/m1/s1. The lowest BCUT2D eigenvalue weighted by atomic mass is 9.89. The average molecular weight is 342 g/mol. The topological polar surface area (TPSA) is 69.5 Å². The van der Waals surface area contributed by atoms with Crippen LogP contribution < -0.4 is 4.74 Å². The van der Waals surface area contributed by atoms with Gasteiger partial charge in [0, 0.05) is 32.4 Å². The molecular formula is C18H22N4O3. The highest BCUT2D eigenvalue weighted by molar-refractivity contribution is 5.93. The van der Waals surface area contributed by atoms with Gasteiger partial charge in [0.2, 0.25) is 0 Å². The van der Waals surface area contributed by atoms with E-state index in [0.717, 1.165) is 31.6 Å². The van der Waals surface area contributed by atoms with E-state index in [1.165, 1.54) is 0 Å². The van der Waals surface area contributed by atoms with Crippen molar-refractivity contribution in [3.05, 3.63) is 42.5 Å². The lowest BCUT2D eigenvalue weighted by molar-refractivity contribution is -0.0453. The van der Waals surface area contributed by atoms with Gasteiger partial charge in [-0.05, 0) is 25.0 Å². The number of hydrogen-bond donors (Lipinski definition) is 0. The number of hydrogen-bond acceptors (Lipinski definition) is 5. The fourth-order valence-electron chi connectivity index (χ4n) is 3.76. The Morgan fingerprint density at radius 1 is 1.44 bits per heavy atom. The molecule has 1 amide bonds. The maximum Gasteiger partial charge on any atom is 0.257 e. The Labute approximate surface area is 146 Å². The van der Waals surface area contributed by atoms with Crippen molar-refractivity contribution in [3.63, 3.8) is 0 Å². The lowest BCUT2D eigenvalue weighted by Crippen LogP contribution is -2.50. The van der Waals surface area contributed by atoms with E-state index >= 15 is 0 Å². The molecule has 0 N–H and O–H groups in total. The first kappa shape index (κ1) is 16.1. The van der Waals surface area contributed by atoms with Crippen LogP contribution in [0.5, 0.6) is 5.75 Å². The molecule has 2 aliphatic heterocycles. The number of carbonyl (C=O) groups excluding carboxylic acids is 1. The predicted octanol–water partition coefficient (Wildman–Crippen LogP) is 1.66. The second kappa shape index (κ2) is 6.48. The Morgan fingerprint density at radius 2 is 2.36 bits per heavy atom. The van der Waals surface area contributed by atoms with Crippen LogP contribution in [-0.4, -0.2) is 57.0 Å². The first-order valence-corrected chi connectivity index (χ1v) is 8.62. The zero-order chi connectivity index (χ0) is 17.3. The van der Waals surface area contributed by atoms with E-state index in [1.54, 1.807) is 29.5 Å². The number of pyridine rings is 1. The molecule has 0 aliphatic carbocycles. The van der Waals surface area contributed by atoms with E-state index < -0.39 is 0 Å². The number of aromatic nitrogens is 3. The van der Waals surface area contributed by atoms with Crippen molar-refractivity contribution in [2.45, 2.75) is 31.0 Å². The van der Waals surface area contributed by atoms with Crippen LogP contribution in [0.4, 0.5) is 0 Å². The molecule has 25 heavy (non-hydrogen) atoms. The van der Waals surface area contributed by atoms with E-state index in [4.69, 9.17) is 9.47 Å². The van der Waals surface area contributed by atoms with Crippen LogP contribution in [0.3, 0.4) is 0 Å². The molecule has 7 nitrogen and oxygen atoms in total. The molecule has 2 fully saturated rings. The summed E-state index contributed by atoms with van der Waals surface area (Å²) in [6, 6.07) is 3.76. The van der Waals surface area contributed by atoms with Crippen LogP contribution in [0.2, 0.25) is 0 Å². The second-order valence-electron chi connectivity index (χ2n) is 6.86. The minimum Gasteiger partial charge on any atom is -0.486 e. The van der Waals surface area contributed by atoms with Gasteiger partial charge in [-0.15, -0.1) is 0 Å². The molecule has 2 aromatic heterocycles. The predicted molar refractivity (Wildman–Crippen MR) is 90.3 cm³/mol. The summed E-state index contributed by atoms with van der Waals surface area (Å²) in [4.78, 5) is 18.7. The Kier molecular flexibility index (Phi) is 4.17. The number of nitrogens with zero attached hydrogens (tertiary/aromatic N) is 4. The molecule has 4 heterocycles. The molecule has 132 valence electrons. The molecular weight excluding hydrogens is 320 g/mol. The van der Waals surface area contributed by atoms with Gasteiger partial charge in [-0.1, -0.05) is 0 Å². The number of likely N-dealkylation sites (tertiary alicyclic amines) is 1. The molecule has 2 saturated heterocycles. The molecule has 0 radical (unpaired) electrons. The summed E-state index contributed by atoms with van der Waals surface area (Å²) in [5.41, 5.74) is 0.323. The van der Waals surface area contributed by atoms with Crippen LogP contribution in [0, 0.1) is 0 Å². The molecule has 0 unspecified atom stereocenters. The monoisotopic (exact) mass is 342 g/mol. The molecule has 1 spiro atoms. The third-order valence-electron chi connectivity index (χ3n) is 4.89. The van der Waals surface area contributed by atoms with Crippen molar-refractivity contribution < 1.29 is 14.3 Å². The summed E-state index contributed by atoms with van der Waals surface area (Å²) in [5, 5.41) is 4.09. The Balaban J connectivity index is 1.41. The van der Waals surface area contributed by atoms with E-state index in [1.807, 2.05) is 24.1 Å². The van der Waals surface area contributed by atoms with E-state index in [9.17, 15) is 4.79 Å². The lowest BCUT2D eigenvalue weighted by Gasteiger charge is -2.39. The van der Waals surface area contributed by atoms with Gasteiger partial charge in [-0.3, -0.25) is 14.5 Å². The molecule has 4 rings (SSSR count). The summed E-state index contributed by atoms with van der Waals surface area (Å²) >= 11 is 0. The second-order valence-corrected chi connectivity index (χ2v) is 6.86. The molecule has 2 aromatic rings. The van der Waals surface area contributed by atoms with Crippen LogP contribution in [-0.2, 0) is 11.8 Å². The molecule has 0 saturated carbocycles. The summed E-state index contributed by atoms with van der Waals surface area (Å²) in [5.74, 6) is 0.777. The summed E-state index contributed by atoms with van der Waals surface area (Å²) < 4.78 is 13.8. The average Bonchev–Trinajstić information content (AvgIpc) is 3.22. The largest absolute Gasteiger partial charge is 0.486 e. The number of aryl methyl sites for hydroxylation is 1. The maximum atomic E-state index is 12.7. The highest BCUT2D eigenvalue weighted by Gasteiger charge is 2.45. The Bertz CT molecular complexity index is 748. The van der Waals surface area contributed by atoms with Gasteiger partial charge in [0.05, 0.1) is 36.7 Å². The van der Waals surface area contributed by atoms with Crippen LogP contribution >= 0.6 is 0 Å². The Hall–Kier alpha value is -2.41. The van der Waals surface area contributed by atoms with Crippen LogP contribution in [0.1, 0.15) is 29.6 Å². The molecule has 2 atom stereocenters. The van der Waals surface area contributed by atoms with E-state index in [0.29, 0.717) is 18.7 Å². The quantitative estimate of drug-likeness (QED) is 0.848. The number of rotatable bonds is 3. The van der Waals surface area contributed by atoms with E-state index in [-0.39, 0.29) is 17.6 Å². The van der Waals surface area contributed by atoms with Gasteiger partial charge in [0.15, 0.2) is 0 Å².